The summed E-state index contributed by atoms with van der Waals surface area (Å²) in [5.74, 6) is 0.481. The van der Waals surface area contributed by atoms with E-state index in [1.807, 2.05) is 0 Å². The first-order chi connectivity index (χ1) is 7.74. The normalized spacial score (nSPS) is 28.9. The van der Waals surface area contributed by atoms with Crippen molar-refractivity contribution in [2.45, 2.75) is 39.0 Å². The second-order valence-corrected chi connectivity index (χ2v) is 4.63. The van der Waals surface area contributed by atoms with Gasteiger partial charge in [0.05, 0.1) is 12.0 Å². The number of carbonyl (C=O) groups is 1. The maximum absolute atomic E-state index is 11.9. The summed E-state index contributed by atoms with van der Waals surface area (Å²) in [5.41, 5.74) is 1.77. The second-order valence-electron chi connectivity index (χ2n) is 4.63. The van der Waals surface area contributed by atoms with Crippen molar-refractivity contribution in [3.05, 3.63) is 11.3 Å². The molecule has 0 saturated heterocycles. The Morgan fingerprint density at radius 2 is 2.31 bits per heavy atom. The van der Waals surface area contributed by atoms with Crippen LogP contribution in [-0.2, 0) is 4.79 Å². The van der Waals surface area contributed by atoms with Crippen LogP contribution in [0.25, 0.3) is 0 Å². The molecule has 0 aromatic heterocycles. The highest BCUT2D eigenvalue weighted by molar-refractivity contribution is 5.98. The maximum atomic E-state index is 11.9. The molecule has 0 N–H and O–H groups in total. The highest BCUT2D eigenvalue weighted by atomic mass is 16.1. The van der Waals surface area contributed by atoms with Gasteiger partial charge in [0.15, 0.2) is 5.78 Å². The van der Waals surface area contributed by atoms with Crippen LogP contribution in [0.4, 0.5) is 0 Å². The van der Waals surface area contributed by atoms with Gasteiger partial charge in [-0.25, -0.2) is 0 Å². The van der Waals surface area contributed by atoms with Crippen molar-refractivity contribution in [3.8, 4) is 6.07 Å². The number of hydrogen-bond acceptors (Lipinski definition) is 3. The Labute approximate surface area is 95.9 Å². The Morgan fingerprint density at radius 3 is 3.00 bits per heavy atom. The van der Waals surface area contributed by atoms with Crippen LogP contribution >= 0.6 is 0 Å². The average molecular weight is 216 g/mol. The van der Waals surface area contributed by atoms with Crippen molar-refractivity contribution in [2.75, 3.05) is 0 Å². The Bertz CT molecular complexity index is 401. The van der Waals surface area contributed by atoms with E-state index in [2.05, 4.69) is 18.0 Å². The summed E-state index contributed by atoms with van der Waals surface area (Å²) in [5, 5.41) is 8.83. The minimum Gasteiger partial charge on any atom is -0.294 e. The van der Waals surface area contributed by atoms with Gasteiger partial charge < -0.3 is 0 Å². The third kappa shape index (κ3) is 2.06. The molecule has 2 atom stereocenters. The third-order valence-corrected chi connectivity index (χ3v) is 3.34. The van der Waals surface area contributed by atoms with Crippen molar-refractivity contribution in [1.82, 2.24) is 0 Å². The van der Waals surface area contributed by atoms with Crippen LogP contribution in [0, 0.1) is 23.2 Å². The average Bonchev–Trinajstić information content (AvgIpc) is 2.29. The van der Waals surface area contributed by atoms with E-state index in [1.165, 1.54) is 0 Å². The first kappa shape index (κ1) is 11.1. The first-order valence-corrected chi connectivity index (χ1v) is 5.93. The van der Waals surface area contributed by atoms with Gasteiger partial charge in [0.25, 0.3) is 0 Å². The lowest BCUT2D eigenvalue weighted by molar-refractivity contribution is -0.117. The van der Waals surface area contributed by atoms with Gasteiger partial charge >= 0.3 is 0 Å². The van der Waals surface area contributed by atoms with Crippen LogP contribution in [0.1, 0.15) is 39.0 Å². The number of nitrogens with zero attached hydrogens (tertiary/aromatic N) is 2. The topological polar surface area (TPSA) is 53.2 Å². The molecule has 2 rings (SSSR count). The van der Waals surface area contributed by atoms with Crippen LogP contribution < -0.4 is 0 Å². The molecule has 0 bridgehead atoms. The fraction of sp³-hybridized carbons (Fsp3) is 0.615. The maximum Gasteiger partial charge on any atom is 0.161 e. The number of Topliss-reactive ketones (excluding diaryl/α,β-unsaturated/α-hetero) is 1. The van der Waals surface area contributed by atoms with E-state index in [0.29, 0.717) is 18.8 Å². The van der Waals surface area contributed by atoms with E-state index >= 15 is 0 Å². The minimum absolute atomic E-state index is 0.203. The number of allylic oxidation sites excluding steroid dienone is 2. The second kappa shape index (κ2) is 4.61. The van der Waals surface area contributed by atoms with Crippen LogP contribution in [-0.4, -0.2) is 12.0 Å². The number of carbonyl (C=O) groups excluding carboxylic acids is 1. The largest absolute Gasteiger partial charge is 0.294 e. The summed E-state index contributed by atoms with van der Waals surface area (Å²) in [6, 6.07) is 2.16. The van der Waals surface area contributed by atoms with Gasteiger partial charge in [0.2, 0.25) is 0 Å². The molecule has 1 aliphatic heterocycles. The summed E-state index contributed by atoms with van der Waals surface area (Å²) < 4.78 is 0. The molecule has 0 aromatic carbocycles. The van der Waals surface area contributed by atoms with Crippen molar-refractivity contribution in [3.63, 3.8) is 0 Å². The molecule has 16 heavy (non-hydrogen) atoms. The van der Waals surface area contributed by atoms with E-state index in [4.69, 9.17) is 5.26 Å². The molecule has 3 heteroatoms. The molecule has 1 heterocycles. The van der Waals surface area contributed by atoms with E-state index in [0.717, 1.165) is 30.5 Å². The van der Waals surface area contributed by atoms with E-state index < -0.39 is 0 Å². The molecular weight excluding hydrogens is 200 g/mol. The van der Waals surface area contributed by atoms with Gasteiger partial charge in [-0.1, -0.05) is 13.3 Å². The zero-order valence-electron chi connectivity index (χ0n) is 9.57. The number of hydrogen-bond donors (Lipinski definition) is 0. The molecular formula is C13H16N2O. The molecule has 0 spiro atoms. The standard InChI is InChI=1S/C13H16N2O/c1-2-3-9-5-12-11(13(16)6-9)4-10(7-14)8-15-12/h8-10H,2-6H2,1H3. The Balaban J connectivity index is 2.17. The van der Waals surface area contributed by atoms with Gasteiger partial charge in [-0.15, -0.1) is 0 Å². The lowest BCUT2D eigenvalue weighted by atomic mass is 9.80. The minimum atomic E-state index is -0.203. The predicted octanol–water partition coefficient (Wildman–Crippen LogP) is 2.63. The number of nitriles is 1. The number of aliphatic imine (C=N–C) groups is 1. The summed E-state index contributed by atoms with van der Waals surface area (Å²) in [6.07, 6.45) is 6.06. The molecule has 0 aromatic rings. The molecule has 2 unspecified atom stereocenters. The Morgan fingerprint density at radius 1 is 1.50 bits per heavy atom. The molecule has 3 nitrogen and oxygen atoms in total. The summed E-state index contributed by atoms with van der Waals surface area (Å²) in [7, 11) is 0. The summed E-state index contributed by atoms with van der Waals surface area (Å²) in [4.78, 5) is 16.2. The van der Waals surface area contributed by atoms with E-state index in [1.54, 1.807) is 6.21 Å². The molecule has 2 aliphatic rings. The summed E-state index contributed by atoms with van der Waals surface area (Å²) >= 11 is 0. The van der Waals surface area contributed by atoms with Gasteiger partial charge in [0, 0.05) is 23.9 Å². The molecule has 84 valence electrons. The van der Waals surface area contributed by atoms with Crippen LogP contribution in [0.15, 0.2) is 16.3 Å². The zero-order chi connectivity index (χ0) is 11.5. The monoisotopic (exact) mass is 216 g/mol. The van der Waals surface area contributed by atoms with Crippen molar-refractivity contribution >= 4 is 12.0 Å². The van der Waals surface area contributed by atoms with Gasteiger partial charge in [0.1, 0.15) is 0 Å². The van der Waals surface area contributed by atoms with Gasteiger partial charge in [-0.3, -0.25) is 9.79 Å². The Kier molecular flexibility index (Phi) is 3.19. The lowest BCUT2D eigenvalue weighted by Gasteiger charge is -2.26. The molecule has 0 radical (unpaired) electrons. The number of ketones is 1. The van der Waals surface area contributed by atoms with Gasteiger partial charge in [-0.05, 0) is 25.2 Å². The van der Waals surface area contributed by atoms with Crippen molar-refractivity contribution < 1.29 is 4.79 Å². The van der Waals surface area contributed by atoms with Crippen LogP contribution in [0.5, 0.6) is 0 Å². The molecule has 1 aliphatic carbocycles. The van der Waals surface area contributed by atoms with E-state index in [-0.39, 0.29) is 11.7 Å². The van der Waals surface area contributed by atoms with E-state index in [9.17, 15) is 4.79 Å². The summed E-state index contributed by atoms with van der Waals surface area (Å²) in [6.45, 7) is 2.14. The molecule has 0 saturated carbocycles. The fourth-order valence-electron chi connectivity index (χ4n) is 2.52. The lowest BCUT2D eigenvalue weighted by Crippen LogP contribution is -2.23. The van der Waals surface area contributed by atoms with Crippen molar-refractivity contribution in [1.29, 1.82) is 5.26 Å². The quantitative estimate of drug-likeness (QED) is 0.712. The van der Waals surface area contributed by atoms with Gasteiger partial charge in [-0.2, -0.15) is 5.26 Å². The van der Waals surface area contributed by atoms with Crippen molar-refractivity contribution in [2.24, 2.45) is 16.8 Å². The first-order valence-electron chi connectivity index (χ1n) is 5.93. The fourth-order valence-corrected chi connectivity index (χ4v) is 2.52. The smallest absolute Gasteiger partial charge is 0.161 e. The SMILES string of the molecule is CCCC1CC(=O)C2=C(C1)N=CC(C#N)C2. The molecule has 0 amide bonds. The highest BCUT2D eigenvalue weighted by Crippen LogP contribution is 2.35. The highest BCUT2D eigenvalue weighted by Gasteiger charge is 2.30. The Hall–Kier alpha value is -1.43. The van der Waals surface area contributed by atoms with Crippen LogP contribution in [0.3, 0.4) is 0 Å². The zero-order valence-corrected chi connectivity index (χ0v) is 9.57. The predicted molar refractivity (Wildman–Crippen MR) is 61.9 cm³/mol. The third-order valence-electron chi connectivity index (χ3n) is 3.34. The molecule has 0 fully saturated rings. The number of rotatable bonds is 2. The van der Waals surface area contributed by atoms with Crippen LogP contribution in [0.2, 0.25) is 0 Å².